The first-order valence-corrected chi connectivity index (χ1v) is 14.6. The number of carboxylic acids is 1. The number of aliphatic carboxylic acids is 1. The van der Waals surface area contributed by atoms with Crippen molar-refractivity contribution in [2.24, 2.45) is 0 Å². The average Bonchev–Trinajstić information content (AvgIpc) is 3.64. The third kappa shape index (κ3) is 7.00. The SMILES string of the molecule is COc1ccc(CCC(=O)O)cc1-c1ccc(N2CCCC2)nc1CN1C(=O)O[C@H](c2cc(C(F)(F)F)cc(C(F)(F)F)c2)[C@@H]1C. The van der Waals surface area contributed by atoms with Gasteiger partial charge in [-0.15, -0.1) is 0 Å². The monoisotopic (exact) mass is 651 g/mol. The zero-order chi connectivity index (χ0) is 33.4. The maximum Gasteiger partial charge on any atom is 0.416 e. The summed E-state index contributed by atoms with van der Waals surface area (Å²) in [5.74, 6) is 0.130. The van der Waals surface area contributed by atoms with Gasteiger partial charge >= 0.3 is 24.4 Å². The first-order chi connectivity index (χ1) is 21.7. The minimum absolute atomic E-state index is 0.0285. The lowest BCUT2D eigenvalue weighted by molar-refractivity contribution is -0.143. The first kappa shape index (κ1) is 32.9. The largest absolute Gasteiger partial charge is 0.496 e. The fourth-order valence-corrected chi connectivity index (χ4v) is 5.81. The molecule has 0 saturated carbocycles. The van der Waals surface area contributed by atoms with E-state index in [1.54, 1.807) is 24.3 Å². The van der Waals surface area contributed by atoms with E-state index in [4.69, 9.17) is 19.6 Å². The molecule has 2 fully saturated rings. The molecule has 1 aromatic heterocycles. The molecule has 0 bridgehead atoms. The molecular formula is C32H31F6N3O5. The van der Waals surface area contributed by atoms with Crippen molar-refractivity contribution < 1.29 is 50.5 Å². The lowest BCUT2D eigenvalue weighted by atomic mass is 9.96. The number of alkyl halides is 6. The van der Waals surface area contributed by atoms with E-state index in [9.17, 15) is 35.9 Å². The van der Waals surface area contributed by atoms with Crippen LogP contribution in [-0.2, 0) is 34.8 Å². The fourth-order valence-electron chi connectivity index (χ4n) is 5.81. The Morgan fingerprint density at radius 1 is 0.978 bits per heavy atom. The molecule has 46 heavy (non-hydrogen) atoms. The lowest BCUT2D eigenvalue weighted by Gasteiger charge is -2.25. The number of ether oxygens (including phenoxy) is 2. The van der Waals surface area contributed by atoms with Gasteiger partial charge in [-0.25, -0.2) is 9.78 Å². The molecule has 0 spiro atoms. The van der Waals surface area contributed by atoms with Crippen LogP contribution in [0.15, 0.2) is 48.5 Å². The lowest BCUT2D eigenvalue weighted by Crippen LogP contribution is -2.32. The molecule has 0 unspecified atom stereocenters. The number of aromatic nitrogens is 1. The summed E-state index contributed by atoms with van der Waals surface area (Å²) in [5, 5.41) is 9.16. The molecule has 2 saturated heterocycles. The Kier molecular flexibility index (Phi) is 9.09. The number of methoxy groups -OCH3 is 1. The van der Waals surface area contributed by atoms with Gasteiger partial charge in [0, 0.05) is 30.6 Å². The van der Waals surface area contributed by atoms with Gasteiger partial charge in [0.25, 0.3) is 0 Å². The van der Waals surface area contributed by atoms with Crippen molar-refractivity contribution in [3.05, 3.63) is 76.5 Å². The topological polar surface area (TPSA) is 92.2 Å². The molecule has 5 rings (SSSR count). The van der Waals surface area contributed by atoms with Crippen LogP contribution in [0.25, 0.3) is 11.1 Å². The zero-order valence-corrected chi connectivity index (χ0v) is 24.9. The fraction of sp³-hybridized carbons (Fsp3) is 0.406. The Balaban J connectivity index is 1.54. The van der Waals surface area contributed by atoms with Crippen molar-refractivity contribution in [2.75, 3.05) is 25.1 Å². The van der Waals surface area contributed by atoms with E-state index in [1.165, 1.54) is 18.9 Å². The van der Waals surface area contributed by atoms with Gasteiger partial charge in [-0.3, -0.25) is 9.69 Å². The summed E-state index contributed by atoms with van der Waals surface area (Å²) < 4.78 is 92.4. The summed E-state index contributed by atoms with van der Waals surface area (Å²) in [6.45, 7) is 2.84. The highest BCUT2D eigenvalue weighted by Gasteiger charge is 2.43. The predicted octanol–water partition coefficient (Wildman–Crippen LogP) is 7.49. The summed E-state index contributed by atoms with van der Waals surface area (Å²) in [6.07, 6.45) is -10.4. The van der Waals surface area contributed by atoms with Crippen molar-refractivity contribution >= 4 is 17.9 Å². The van der Waals surface area contributed by atoms with Crippen LogP contribution in [0.3, 0.4) is 0 Å². The van der Waals surface area contributed by atoms with E-state index in [2.05, 4.69) is 4.90 Å². The molecule has 2 atom stereocenters. The molecule has 2 aromatic carbocycles. The van der Waals surface area contributed by atoms with Crippen LogP contribution < -0.4 is 9.64 Å². The van der Waals surface area contributed by atoms with Crippen molar-refractivity contribution in [3.63, 3.8) is 0 Å². The molecule has 3 aromatic rings. The number of carbonyl (C=O) groups is 2. The molecular weight excluding hydrogens is 620 g/mol. The number of pyridine rings is 1. The quantitative estimate of drug-likeness (QED) is 0.240. The Morgan fingerprint density at radius 2 is 1.63 bits per heavy atom. The first-order valence-electron chi connectivity index (χ1n) is 14.6. The van der Waals surface area contributed by atoms with E-state index in [-0.39, 0.29) is 25.5 Å². The predicted molar refractivity (Wildman–Crippen MR) is 154 cm³/mol. The number of cyclic esters (lactones) is 1. The van der Waals surface area contributed by atoms with Gasteiger partial charge in [0.05, 0.1) is 36.5 Å². The maximum atomic E-state index is 13.6. The molecule has 0 aliphatic carbocycles. The van der Waals surface area contributed by atoms with Crippen molar-refractivity contribution in [1.29, 1.82) is 0 Å². The Bertz CT molecular complexity index is 1590. The van der Waals surface area contributed by atoms with Gasteiger partial charge < -0.3 is 19.5 Å². The Morgan fingerprint density at radius 3 is 2.22 bits per heavy atom. The zero-order valence-electron chi connectivity index (χ0n) is 24.9. The molecule has 246 valence electrons. The second-order valence-electron chi connectivity index (χ2n) is 11.3. The van der Waals surface area contributed by atoms with Crippen molar-refractivity contribution in [2.45, 2.75) is 63.7 Å². The van der Waals surface area contributed by atoms with E-state index in [1.807, 2.05) is 6.07 Å². The smallest absolute Gasteiger partial charge is 0.416 e. The molecule has 3 heterocycles. The van der Waals surface area contributed by atoms with Gasteiger partial charge in [0.15, 0.2) is 0 Å². The summed E-state index contributed by atoms with van der Waals surface area (Å²) in [7, 11) is 1.47. The van der Waals surface area contributed by atoms with Gasteiger partial charge in [0.1, 0.15) is 17.7 Å². The maximum absolute atomic E-state index is 13.6. The molecule has 8 nitrogen and oxygen atoms in total. The minimum Gasteiger partial charge on any atom is -0.496 e. The number of rotatable bonds is 9. The van der Waals surface area contributed by atoms with Crippen LogP contribution in [0.5, 0.6) is 5.75 Å². The van der Waals surface area contributed by atoms with Crippen LogP contribution in [0.4, 0.5) is 37.0 Å². The number of benzene rings is 2. The number of anilines is 1. The van der Waals surface area contributed by atoms with E-state index in [0.717, 1.165) is 25.9 Å². The normalized spacial score (nSPS) is 18.7. The minimum atomic E-state index is -5.06. The number of hydrogen-bond donors (Lipinski definition) is 1. The van der Waals surface area contributed by atoms with E-state index < -0.39 is 53.3 Å². The van der Waals surface area contributed by atoms with Gasteiger partial charge in [0.2, 0.25) is 0 Å². The molecule has 14 heteroatoms. The number of carbonyl (C=O) groups excluding carboxylic acids is 1. The summed E-state index contributed by atoms with van der Waals surface area (Å²) in [6, 6.07) is 9.03. The molecule has 2 aliphatic rings. The molecule has 2 aliphatic heterocycles. The number of halogens is 6. The molecule has 0 radical (unpaired) electrons. The number of nitrogens with zero attached hydrogens (tertiary/aromatic N) is 3. The third-order valence-corrected chi connectivity index (χ3v) is 8.22. The second-order valence-corrected chi connectivity index (χ2v) is 11.3. The summed E-state index contributed by atoms with van der Waals surface area (Å²) in [4.78, 5) is 32.5. The average molecular weight is 652 g/mol. The van der Waals surface area contributed by atoms with Gasteiger partial charge in [-0.2, -0.15) is 26.3 Å². The van der Waals surface area contributed by atoms with E-state index in [0.29, 0.717) is 46.1 Å². The number of carboxylic acid groups (broad SMARTS) is 1. The number of aryl methyl sites for hydroxylation is 1. The van der Waals surface area contributed by atoms with Crippen LogP contribution in [-0.4, -0.2) is 53.3 Å². The Hall–Kier alpha value is -4.49. The molecule has 1 N–H and O–H groups in total. The summed E-state index contributed by atoms with van der Waals surface area (Å²) >= 11 is 0. The van der Waals surface area contributed by atoms with Crippen molar-refractivity contribution in [3.8, 4) is 16.9 Å². The van der Waals surface area contributed by atoms with Crippen LogP contribution in [0, 0.1) is 0 Å². The van der Waals surface area contributed by atoms with Crippen molar-refractivity contribution in [1.82, 2.24) is 9.88 Å². The third-order valence-electron chi connectivity index (χ3n) is 8.22. The highest BCUT2D eigenvalue weighted by atomic mass is 19.4. The highest BCUT2D eigenvalue weighted by Crippen LogP contribution is 2.42. The molecule has 1 amide bonds. The van der Waals surface area contributed by atoms with Crippen LogP contribution >= 0.6 is 0 Å². The van der Waals surface area contributed by atoms with Gasteiger partial charge in [-0.05, 0) is 79.8 Å². The second kappa shape index (κ2) is 12.7. The van der Waals surface area contributed by atoms with Gasteiger partial charge in [-0.1, -0.05) is 6.07 Å². The van der Waals surface area contributed by atoms with Crippen LogP contribution in [0.2, 0.25) is 0 Å². The van der Waals surface area contributed by atoms with E-state index >= 15 is 0 Å². The highest BCUT2D eigenvalue weighted by molar-refractivity contribution is 5.76. The number of hydrogen-bond acceptors (Lipinski definition) is 6. The number of amides is 1. The standard InChI is InChI=1S/C32H31F6N3O5/c1-18-29(20-14-21(31(33,34)35)16-22(15-20)32(36,37)38)46-30(44)41(18)17-25-23(7-9-27(39-25)40-11-3-4-12-40)24-13-19(6-10-28(42)43)5-8-26(24)45-2/h5,7-9,13-16,18,29H,3-4,6,10-12,17H2,1-2H3,(H,42,43)/t18-,29-/m0/s1. The van der Waals surface area contributed by atoms with Crippen LogP contribution in [0.1, 0.15) is 60.2 Å². The Labute approximate surface area is 260 Å². The summed E-state index contributed by atoms with van der Waals surface area (Å²) in [5.41, 5.74) is -1.21.